The summed E-state index contributed by atoms with van der Waals surface area (Å²) in [5, 5.41) is 5.14. The van der Waals surface area contributed by atoms with Gasteiger partial charge in [-0.05, 0) is 25.8 Å². The monoisotopic (exact) mass is 502 g/mol. The third-order valence-corrected chi connectivity index (χ3v) is 4.08. The number of aromatic amines is 1. The van der Waals surface area contributed by atoms with Gasteiger partial charge in [-0.1, -0.05) is 0 Å². The normalized spacial score (nSPS) is 17.7. The summed E-state index contributed by atoms with van der Waals surface area (Å²) in [5.41, 5.74) is 0.816. The van der Waals surface area contributed by atoms with Gasteiger partial charge in [0.25, 0.3) is 0 Å². The number of piperidine rings is 1. The number of ether oxygens (including phenoxy) is 1. The van der Waals surface area contributed by atoms with Gasteiger partial charge in [0.1, 0.15) is 12.0 Å². The molecule has 8 heteroatoms. The second-order valence-electron chi connectivity index (χ2n) is 5.46. The molecule has 2 aromatic rings. The number of fused-ring (bicyclic) bond motifs is 1. The standard InChI is InChI=1S/C15H21N5O2.CH3.W/c1-3-22-15(21)11-5-4-8-20(9-11)19(2)14-12-6-7-16-13(12)17-10-18-14;;/h6-7,10-11H,3-5,8-9H2,1-2H3,(H,16,17,18);1H3;/q;-1;. The van der Waals surface area contributed by atoms with Crippen LogP contribution in [0.15, 0.2) is 18.6 Å². The number of hydrogen-bond donors (Lipinski definition) is 1. The number of hydrazine groups is 1. The largest absolute Gasteiger partial charge is 0.466 e. The molecule has 1 N–H and O–H groups in total. The maximum atomic E-state index is 12.0. The van der Waals surface area contributed by atoms with Crippen molar-refractivity contribution >= 4 is 22.8 Å². The summed E-state index contributed by atoms with van der Waals surface area (Å²) in [6.07, 6.45) is 5.26. The molecular weight excluding hydrogens is 478 g/mol. The first kappa shape index (κ1) is 20.6. The summed E-state index contributed by atoms with van der Waals surface area (Å²) in [6.45, 7) is 3.84. The van der Waals surface area contributed by atoms with Gasteiger partial charge in [0.2, 0.25) is 0 Å². The van der Waals surface area contributed by atoms with Gasteiger partial charge in [0.05, 0.1) is 17.9 Å². The Hall–Kier alpha value is -1.46. The average Bonchev–Trinajstić information content (AvgIpc) is 3.03. The van der Waals surface area contributed by atoms with Crippen molar-refractivity contribution in [3.8, 4) is 0 Å². The second kappa shape index (κ2) is 9.13. The quantitative estimate of drug-likeness (QED) is 0.510. The second-order valence-corrected chi connectivity index (χ2v) is 5.46. The molecule has 0 saturated carbocycles. The zero-order chi connectivity index (χ0) is 15.5. The molecule has 1 atom stereocenters. The van der Waals surface area contributed by atoms with Crippen LogP contribution in [0, 0.1) is 13.3 Å². The molecule has 0 bridgehead atoms. The molecule has 1 unspecified atom stereocenters. The molecule has 0 spiro atoms. The molecule has 132 valence electrons. The van der Waals surface area contributed by atoms with Crippen LogP contribution in [0.25, 0.3) is 11.0 Å². The van der Waals surface area contributed by atoms with Crippen LogP contribution >= 0.6 is 0 Å². The van der Waals surface area contributed by atoms with Gasteiger partial charge in [0.15, 0.2) is 5.82 Å². The summed E-state index contributed by atoms with van der Waals surface area (Å²) < 4.78 is 5.16. The van der Waals surface area contributed by atoms with Crippen molar-refractivity contribution in [1.29, 1.82) is 0 Å². The van der Waals surface area contributed by atoms with Gasteiger partial charge in [-0.3, -0.25) is 9.80 Å². The third kappa shape index (κ3) is 4.14. The molecule has 1 aliphatic rings. The third-order valence-electron chi connectivity index (χ3n) is 4.08. The fraction of sp³-hybridized carbons (Fsp3) is 0.500. The summed E-state index contributed by atoms with van der Waals surface area (Å²) >= 11 is 0. The van der Waals surface area contributed by atoms with Crippen molar-refractivity contribution in [2.24, 2.45) is 5.92 Å². The van der Waals surface area contributed by atoms with Gasteiger partial charge in [0, 0.05) is 47.4 Å². The molecule has 0 aliphatic carbocycles. The minimum absolute atomic E-state index is 0. The van der Waals surface area contributed by atoms with E-state index in [0.717, 1.165) is 36.2 Å². The molecule has 7 nitrogen and oxygen atoms in total. The Morgan fingerprint density at radius 1 is 1.50 bits per heavy atom. The van der Waals surface area contributed by atoms with Crippen molar-refractivity contribution in [2.45, 2.75) is 19.8 Å². The number of rotatable bonds is 4. The fourth-order valence-electron chi connectivity index (χ4n) is 2.93. The van der Waals surface area contributed by atoms with Gasteiger partial charge in [-0.25, -0.2) is 15.0 Å². The molecule has 24 heavy (non-hydrogen) atoms. The summed E-state index contributed by atoms with van der Waals surface area (Å²) in [4.78, 5) is 23.7. The predicted octanol–water partition coefficient (Wildman–Crippen LogP) is 2.03. The van der Waals surface area contributed by atoms with Crippen LogP contribution in [0.4, 0.5) is 5.82 Å². The molecule has 0 amide bonds. The summed E-state index contributed by atoms with van der Waals surface area (Å²) in [5.74, 6) is 0.672. The maximum absolute atomic E-state index is 12.0. The predicted molar refractivity (Wildman–Crippen MR) is 89.6 cm³/mol. The Balaban J connectivity index is 0.00000144. The summed E-state index contributed by atoms with van der Waals surface area (Å²) in [6, 6.07) is 1.97. The minimum Gasteiger partial charge on any atom is -0.466 e. The van der Waals surface area contributed by atoms with Crippen LogP contribution in [0.5, 0.6) is 0 Å². The number of anilines is 1. The van der Waals surface area contributed by atoms with Gasteiger partial charge >= 0.3 is 5.97 Å². The number of carbonyl (C=O) groups excluding carboxylic acids is 1. The SMILES string of the molecule is CCOC(=O)C1CCCN(N(C)c2ncnc3[nH]ccc23)C1.[CH3-].[W]. The van der Waals surface area contributed by atoms with E-state index < -0.39 is 0 Å². The van der Waals surface area contributed by atoms with Crippen molar-refractivity contribution in [1.82, 2.24) is 20.0 Å². The Labute approximate surface area is 157 Å². The molecule has 3 rings (SSSR count). The van der Waals surface area contributed by atoms with E-state index in [0.29, 0.717) is 13.2 Å². The molecule has 0 radical (unpaired) electrons. The van der Waals surface area contributed by atoms with E-state index in [-0.39, 0.29) is 40.4 Å². The molecule has 1 aliphatic heterocycles. The van der Waals surface area contributed by atoms with E-state index in [1.54, 1.807) is 6.33 Å². The van der Waals surface area contributed by atoms with E-state index in [9.17, 15) is 4.79 Å². The molecule has 0 aromatic carbocycles. The van der Waals surface area contributed by atoms with Gasteiger partial charge < -0.3 is 17.1 Å². The van der Waals surface area contributed by atoms with Crippen molar-refractivity contribution < 1.29 is 30.6 Å². The van der Waals surface area contributed by atoms with E-state index in [1.807, 2.05) is 31.2 Å². The summed E-state index contributed by atoms with van der Waals surface area (Å²) in [7, 11) is 1.97. The van der Waals surface area contributed by atoms with Crippen LogP contribution < -0.4 is 5.01 Å². The van der Waals surface area contributed by atoms with Gasteiger partial charge in [-0.15, -0.1) is 0 Å². The Morgan fingerprint density at radius 3 is 3.04 bits per heavy atom. The van der Waals surface area contributed by atoms with Crippen molar-refractivity contribution in [3.05, 3.63) is 26.0 Å². The van der Waals surface area contributed by atoms with Gasteiger partial charge in [-0.2, -0.15) is 0 Å². The fourth-order valence-corrected chi connectivity index (χ4v) is 2.93. The molecule has 3 heterocycles. The number of esters is 1. The zero-order valence-corrected chi connectivity index (χ0v) is 17.3. The Bertz CT molecular complexity index is 663. The Morgan fingerprint density at radius 2 is 2.29 bits per heavy atom. The molecule has 1 fully saturated rings. The molecular formula is C16H24N5O2W-. The minimum atomic E-state index is -0.102. The van der Waals surface area contributed by atoms with E-state index >= 15 is 0 Å². The first-order chi connectivity index (χ1) is 10.7. The zero-order valence-electron chi connectivity index (χ0n) is 14.4. The Kier molecular flexibility index (Phi) is 7.83. The molecule has 1 saturated heterocycles. The van der Waals surface area contributed by atoms with E-state index in [1.165, 1.54) is 0 Å². The van der Waals surface area contributed by atoms with Crippen LogP contribution in [0.3, 0.4) is 0 Å². The number of H-pyrrole nitrogens is 1. The van der Waals surface area contributed by atoms with Crippen molar-refractivity contribution in [3.63, 3.8) is 0 Å². The number of nitrogens with one attached hydrogen (secondary N) is 1. The number of hydrogen-bond acceptors (Lipinski definition) is 6. The first-order valence-corrected chi connectivity index (χ1v) is 7.64. The number of carbonyl (C=O) groups is 1. The average molecular weight is 502 g/mol. The van der Waals surface area contributed by atoms with Crippen LogP contribution in [0.2, 0.25) is 0 Å². The first-order valence-electron chi connectivity index (χ1n) is 7.64. The van der Waals surface area contributed by atoms with E-state index in [4.69, 9.17) is 4.74 Å². The topological polar surface area (TPSA) is 74.3 Å². The maximum Gasteiger partial charge on any atom is 0.310 e. The number of aromatic nitrogens is 3. The van der Waals surface area contributed by atoms with Crippen LogP contribution in [-0.2, 0) is 30.6 Å². The number of nitrogens with zero attached hydrogens (tertiary/aromatic N) is 4. The van der Waals surface area contributed by atoms with Crippen LogP contribution in [0.1, 0.15) is 19.8 Å². The van der Waals surface area contributed by atoms with E-state index in [2.05, 4.69) is 20.0 Å². The van der Waals surface area contributed by atoms with Crippen molar-refractivity contribution in [2.75, 3.05) is 31.8 Å². The molecule has 2 aromatic heterocycles. The smallest absolute Gasteiger partial charge is 0.310 e. The van der Waals surface area contributed by atoms with Crippen LogP contribution in [-0.4, -0.2) is 52.7 Å².